The van der Waals surface area contributed by atoms with Crippen LogP contribution in [0, 0.1) is 23.2 Å². The maximum atomic E-state index is 14.8. The molecule has 1 unspecified atom stereocenters. The van der Waals surface area contributed by atoms with Gasteiger partial charge in [-0.1, -0.05) is 52.9 Å². The Hall–Kier alpha value is -3.75. The molecule has 2 aliphatic heterocycles. The van der Waals surface area contributed by atoms with Crippen LogP contribution >= 0.6 is 0 Å². The first kappa shape index (κ1) is 45.0. The minimum Gasteiger partial charge on any atom is -0.461 e. The van der Waals surface area contributed by atoms with Crippen molar-refractivity contribution in [1.29, 1.82) is 0 Å². The second-order valence-electron chi connectivity index (χ2n) is 19.2. The van der Waals surface area contributed by atoms with Gasteiger partial charge in [-0.3, -0.25) is 24.0 Å². The minimum absolute atomic E-state index is 0.106. The highest BCUT2D eigenvalue weighted by Gasteiger charge is 2.57. The third kappa shape index (κ3) is 12.6. The third-order valence-corrected chi connectivity index (χ3v) is 10.9. The van der Waals surface area contributed by atoms with Gasteiger partial charge in [0.05, 0.1) is 30.3 Å². The molecule has 0 radical (unpaired) electrons. The van der Waals surface area contributed by atoms with Crippen molar-refractivity contribution in [3.8, 4) is 0 Å². The van der Waals surface area contributed by atoms with Crippen molar-refractivity contribution >= 4 is 41.5 Å². The number of carbonyl (C=O) groups excluding carboxylic acids is 7. The van der Waals surface area contributed by atoms with Crippen LogP contribution in [0.1, 0.15) is 133 Å². The Bertz CT molecular complexity index is 1470. The molecule has 4 aliphatic rings. The molecular formula is C41H67N5O10. The van der Waals surface area contributed by atoms with E-state index in [4.69, 9.17) is 14.2 Å². The second kappa shape index (κ2) is 18.2. The molecule has 15 heteroatoms. The number of nitrogens with zero attached hydrogens (tertiary/aromatic N) is 1. The van der Waals surface area contributed by atoms with E-state index < -0.39 is 100 Å². The van der Waals surface area contributed by atoms with E-state index in [0.717, 1.165) is 32.1 Å². The fourth-order valence-corrected chi connectivity index (χ4v) is 8.20. The van der Waals surface area contributed by atoms with E-state index in [1.54, 1.807) is 34.6 Å². The lowest BCUT2D eigenvalue weighted by molar-refractivity contribution is -0.155. The highest BCUT2D eigenvalue weighted by Crippen LogP contribution is 2.44. The molecule has 6 atom stereocenters. The predicted octanol–water partition coefficient (Wildman–Crippen LogP) is 3.70. The van der Waals surface area contributed by atoms with E-state index in [1.807, 2.05) is 34.6 Å². The van der Waals surface area contributed by atoms with E-state index in [9.17, 15) is 33.6 Å². The van der Waals surface area contributed by atoms with Gasteiger partial charge in [0.25, 0.3) is 5.91 Å². The van der Waals surface area contributed by atoms with Crippen LogP contribution in [0.25, 0.3) is 0 Å². The topological polar surface area (TPSA) is 199 Å². The number of Topliss-reactive ketones (excluding diaryl/α,β-unsaturated/α-hetero) is 1. The number of ketones is 1. The van der Waals surface area contributed by atoms with Gasteiger partial charge in [-0.15, -0.1) is 0 Å². The summed E-state index contributed by atoms with van der Waals surface area (Å²) in [6.45, 7) is 18.0. The van der Waals surface area contributed by atoms with Crippen molar-refractivity contribution in [3.05, 3.63) is 0 Å². The van der Waals surface area contributed by atoms with Gasteiger partial charge in [-0.05, 0) is 91.4 Å². The summed E-state index contributed by atoms with van der Waals surface area (Å²) in [7, 11) is 0. The zero-order chi connectivity index (χ0) is 41.7. The summed E-state index contributed by atoms with van der Waals surface area (Å²) in [5.74, 6) is -4.30. The van der Waals surface area contributed by atoms with Crippen LogP contribution in [0.2, 0.25) is 0 Å². The van der Waals surface area contributed by atoms with E-state index in [0.29, 0.717) is 19.3 Å². The Morgan fingerprint density at radius 3 is 2.09 bits per heavy atom. The first-order valence-electron chi connectivity index (χ1n) is 20.6. The maximum Gasteiger partial charge on any atom is 0.329 e. The van der Waals surface area contributed by atoms with Gasteiger partial charge in [0.15, 0.2) is 0 Å². The molecule has 0 aromatic carbocycles. The molecule has 4 fully saturated rings. The molecule has 2 aliphatic carbocycles. The number of nitrogens with one attached hydrogen (secondary N) is 4. The van der Waals surface area contributed by atoms with Crippen molar-refractivity contribution in [2.75, 3.05) is 13.1 Å². The molecule has 5 amide bonds. The fraction of sp³-hybridized carbons (Fsp3) is 0.829. The molecule has 4 rings (SSSR count). The summed E-state index contributed by atoms with van der Waals surface area (Å²) in [4.78, 5) is 96.4. The number of carbonyl (C=O) groups is 7. The summed E-state index contributed by atoms with van der Waals surface area (Å²) in [5, 5.41) is 11.0. The van der Waals surface area contributed by atoms with E-state index in [1.165, 1.54) is 4.90 Å². The fourth-order valence-electron chi connectivity index (χ4n) is 8.20. The van der Waals surface area contributed by atoms with Gasteiger partial charge in [-0.2, -0.15) is 0 Å². The molecule has 0 aromatic rings. The van der Waals surface area contributed by atoms with Gasteiger partial charge < -0.3 is 40.4 Å². The standard InChI is InChI=1S/C41H67N5O10/c1-23(2)54-37(52)33(39(3,4)5)45-38(53)44-30(25-14-12-11-13-15-25)36(51)46-22-28-26(21-41(9,10)55-28)31(46)34(49)43-27(20-24-16-17-24)32(48)35(50)42-19-18-29(47)56-40(6,7)8/h23-28,30-31,33H,11-22H2,1-10H3,(H,42,50)(H,43,49)(H2,44,45,53)/t26-,27?,28-,30-,31-,33+/m0/s1. The molecule has 56 heavy (non-hydrogen) atoms. The number of esters is 2. The SMILES string of the molecule is CC(C)OC(=O)[C@@H](NC(=O)N[C@H](C(=O)N1C[C@@H]2OC(C)(C)C[C@@H]2[C@H]1C(=O)NC(CC1CC1)C(=O)C(=O)NCCC(=O)OC(C)(C)C)C1CCCCC1)C(C)(C)C. The minimum atomic E-state index is -1.14. The highest BCUT2D eigenvalue weighted by molar-refractivity contribution is 6.38. The number of hydrogen-bond acceptors (Lipinski definition) is 10. The zero-order valence-corrected chi connectivity index (χ0v) is 35.2. The third-order valence-electron chi connectivity index (χ3n) is 10.9. The number of fused-ring (bicyclic) bond motifs is 1. The highest BCUT2D eigenvalue weighted by atomic mass is 16.6. The van der Waals surface area contributed by atoms with Gasteiger partial charge in [0, 0.05) is 19.0 Å². The summed E-state index contributed by atoms with van der Waals surface area (Å²) in [5.41, 5.74) is -1.95. The maximum absolute atomic E-state index is 14.8. The predicted molar refractivity (Wildman–Crippen MR) is 207 cm³/mol. The smallest absolute Gasteiger partial charge is 0.329 e. The van der Waals surface area contributed by atoms with E-state index >= 15 is 0 Å². The Morgan fingerprint density at radius 1 is 0.875 bits per heavy atom. The quantitative estimate of drug-likeness (QED) is 0.140. The number of likely N-dealkylation sites (tertiary alicyclic amines) is 1. The number of amides is 5. The Kier molecular flexibility index (Phi) is 14.6. The molecule has 316 valence electrons. The lowest BCUT2D eigenvalue weighted by atomic mass is 9.83. The first-order valence-corrected chi connectivity index (χ1v) is 20.6. The number of hydrogen-bond donors (Lipinski definition) is 4. The van der Waals surface area contributed by atoms with Crippen molar-refractivity contribution < 1.29 is 47.8 Å². The molecule has 2 saturated heterocycles. The summed E-state index contributed by atoms with van der Waals surface area (Å²) < 4.78 is 17.1. The van der Waals surface area contributed by atoms with Crippen molar-refractivity contribution in [1.82, 2.24) is 26.2 Å². The molecule has 2 saturated carbocycles. The van der Waals surface area contributed by atoms with Crippen molar-refractivity contribution in [2.45, 2.75) is 181 Å². The average Bonchev–Trinajstić information content (AvgIpc) is 3.75. The number of ether oxygens (including phenoxy) is 3. The van der Waals surface area contributed by atoms with E-state index in [-0.39, 0.29) is 37.8 Å². The molecule has 0 bridgehead atoms. The van der Waals surface area contributed by atoms with Crippen LogP contribution in [-0.4, -0.2) is 107 Å². The van der Waals surface area contributed by atoms with Crippen molar-refractivity contribution in [3.63, 3.8) is 0 Å². The lowest BCUT2D eigenvalue weighted by Crippen LogP contribution is -2.61. The van der Waals surface area contributed by atoms with Crippen LogP contribution in [0.15, 0.2) is 0 Å². The van der Waals surface area contributed by atoms with Gasteiger partial charge in [0.1, 0.15) is 23.7 Å². The molecule has 0 aromatic heterocycles. The summed E-state index contributed by atoms with van der Waals surface area (Å²) in [6.07, 6.45) is 5.62. The van der Waals surface area contributed by atoms with Gasteiger partial charge >= 0.3 is 18.0 Å². The summed E-state index contributed by atoms with van der Waals surface area (Å²) in [6, 6.07) is -4.86. The van der Waals surface area contributed by atoms with Crippen molar-refractivity contribution in [2.24, 2.45) is 23.2 Å². The van der Waals surface area contributed by atoms with E-state index in [2.05, 4.69) is 21.3 Å². The number of rotatable bonds is 15. The van der Waals surface area contributed by atoms with Crippen LogP contribution in [0.3, 0.4) is 0 Å². The Labute approximate surface area is 332 Å². The second-order valence-corrected chi connectivity index (χ2v) is 19.2. The molecular weight excluding hydrogens is 722 g/mol. The van der Waals surface area contributed by atoms with Gasteiger partial charge in [0.2, 0.25) is 17.6 Å². The molecule has 4 N–H and O–H groups in total. The zero-order valence-electron chi connectivity index (χ0n) is 35.2. The average molecular weight is 790 g/mol. The Morgan fingerprint density at radius 2 is 1.52 bits per heavy atom. The lowest BCUT2D eigenvalue weighted by Gasteiger charge is -2.37. The normalized spacial score (nSPS) is 24.0. The summed E-state index contributed by atoms with van der Waals surface area (Å²) >= 11 is 0. The van der Waals surface area contributed by atoms with Gasteiger partial charge in [-0.25, -0.2) is 9.59 Å². The molecule has 0 spiro atoms. The molecule has 15 nitrogen and oxygen atoms in total. The van der Waals surface area contributed by atoms with Crippen LogP contribution in [0.5, 0.6) is 0 Å². The first-order chi connectivity index (χ1) is 26.0. The Balaban J connectivity index is 1.55. The number of urea groups is 1. The van der Waals surface area contributed by atoms with Crippen LogP contribution in [0.4, 0.5) is 4.79 Å². The van der Waals surface area contributed by atoms with Crippen LogP contribution < -0.4 is 21.3 Å². The van der Waals surface area contributed by atoms with Crippen LogP contribution in [-0.2, 0) is 43.0 Å². The monoisotopic (exact) mass is 789 g/mol. The molecule has 2 heterocycles. The largest absolute Gasteiger partial charge is 0.461 e.